The molecule has 0 saturated heterocycles. The summed E-state index contributed by atoms with van der Waals surface area (Å²) in [6.45, 7) is 7.73. The molecule has 0 aromatic heterocycles. The fraction of sp³-hybridized carbons (Fsp3) is 0.776. The van der Waals surface area contributed by atoms with Crippen molar-refractivity contribution in [1.29, 1.82) is 0 Å². The van der Waals surface area contributed by atoms with Gasteiger partial charge in [0.05, 0.1) is 0 Å². The van der Waals surface area contributed by atoms with Crippen molar-refractivity contribution < 1.29 is 9.53 Å². The van der Waals surface area contributed by atoms with E-state index in [4.69, 9.17) is 4.74 Å². The first-order valence-corrected chi connectivity index (χ1v) is 26.8. The summed E-state index contributed by atoms with van der Waals surface area (Å²) >= 11 is 0. The minimum absolute atomic E-state index is 0.0396. The molecule has 0 aromatic carbocycles. The fourth-order valence-corrected chi connectivity index (χ4v) is 8.14. The fourth-order valence-electron chi connectivity index (χ4n) is 8.14. The predicted molar refractivity (Wildman–Crippen MR) is 275 cm³/mol. The smallest absolute Gasteiger partial charge is 0.306 e. The molecule has 61 heavy (non-hydrogen) atoms. The maximum atomic E-state index is 13.4. The highest BCUT2D eigenvalue weighted by atomic mass is 16.6. The minimum atomic E-state index is -0.285. The van der Waals surface area contributed by atoms with E-state index in [0.717, 1.165) is 45.1 Å². The molecule has 0 spiro atoms. The van der Waals surface area contributed by atoms with Crippen molar-refractivity contribution in [3.05, 3.63) is 72.9 Å². The Morgan fingerprint density at radius 2 is 0.721 bits per heavy atom. The number of ether oxygens (including phenoxy) is 1. The van der Waals surface area contributed by atoms with E-state index in [1.165, 1.54) is 199 Å². The van der Waals surface area contributed by atoms with E-state index < -0.39 is 0 Å². The molecule has 0 aliphatic carbocycles. The topological polar surface area (TPSA) is 29.5 Å². The van der Waals surface area contributed by atoms with Crippen LogP contribution in [-0.4, -0.2) is 37.1 Å². The number of hydrogen-bond acceptors (Lipinski definition) is 3. The van der Waals surface area contributed by atoms with Gasteiger partial charge in [-0.15, -0.1) is 0 Å². The Balaban J connectivity index is 5.05. The van der Waals surface area contributed by atoms with Gasteiger partial charge in [-0.25, -0.2) is 0 Å². The molecule has 1 atom stereocenters. The molecule has 0 fully saturated rings. The molecule has 0 aromatic rings. The van der Waals surface area contributed by atoms with Crippen molar-refractivity contribution in [3.8, 4) is 0 Å². The van der Waals surface area contributed by atoms with Gasteiger partial charge in [-0.2, -0.15) is 0 Å². The van der Waals surface area contributed by atoms with Crippen LogP contribution in [0.3, 0.4) is 0 Å². The normalized spacial score (nSPS) is 13.5. The lowest BCUT2D eigenvalue weighted by molar-refractivity contribution is -0.163. The summed E-state index contributed by atoms with van der Waals surface area (Å²) in [5.74, 6) is 0.0396. The second-order valence-electron chi connectivity index (χ2n) is 18.5. The van der Waals surface area contributed by atoms with Crippen molar-refractivity contribution in [2.45, 2.75) is 270 Å². The van der Waals surface area contributed by atoms with Gasteiger partial charge in [-0.1, -0.05) is 203 Å². The van der Waals surface area contributed by atoms with Crippen molar-refractivity contribution in [1.82, 2.24) is 4.90 Å². The van der Waals surface area contributed by atoms with Gasteiger partial charge in [0.15, 0.2) is 0 Å². The zero-order valence-electron chi connectivity index (χ0n) is 41.8. The van der Waals surface area contributed by atoms with E-state index in [0.29, 0.717) is 6.42 Å². The van der Waals surface area contributed by atoms with E-state index in [2.05, 4.69) is 113 Å². The van der Waals surface area contributed by atoms with Crippen LogP contribution in [0.1, 0.15) is 265 Å². The molecule has 3 nitrogen and oxygen atoms in total. The largest absolute Gasteiger partial charge is 0.459 e. The number of carbonyl (C=O) groups excluding carboxylic acids is 1. The van der Waals surface area contributed by atoms with Crippen molar-refractivity contribution in [2.24, 2.45) is 0 Å². The molecule has 1 unspecified atom stereocenters. The van der Waals surface area contributed by atoms with Crippen LogP contribution in [0.15, 0.2) is 72.9 Å². The Morgan fingerprint density at radius 1 is 0.393 bits per heavy atom. The number of rotatable bonds is 47. The summed E-state index contributed by atoms with van der Waals surface area (Å²) < 4.78 is 6.68. The van der Waals surface area contributed by atoms with E-state index in [1.807, 2.05) is 0 Å². The Labute approximate surface area is 382 Å². The highest BCUT2D eigenvalue weighted by Gasteiger charge is 2.33. The summed E-state index contributed by atoms with van der Waals surface area (Å²) in [7, 11) is 4.18. The van der Waals surface area contributed by atoms with Gasteiger partial charge >= 0.3 is 5.97 Å². The highest BCUT2D eigenvalue weighted by Crippen LogP contribution is 2.34. The average Bonchev–Trinajstić information content (AvgIpc) is 3.24. The second-order valence-corrected chi connectivity index (χ2v) is 18.5. The first kappa shape index (κ1) is 58.9. The van der Waals surface area contributed by atoms with E-state index in [9.17, 15) is 4.79 Å². The van der Waals surface area contributed by atoms with E-state index in [-0.39, 0.29) is 11.6 Å². The van der Waals surface area contributed by atoms with Crippen LogP contribution in [0.4, 0.5) is 0 Å². The van der Waals surface area contributed by atoms with Crippen LogP contribution in [-0.2, 0) is 9.53 Å². The average molecular weight is 848 g/mol. The molecule has 0 heterocycles. The lowest BCUT2D eigenvalue weighted by Crippen LogP contribution is -2.35. The Morgan fingerprint density at radius 3 is 1.10 bits per heavy atom. The minimum Gasteiger partial charge on any atom is -0.459 e. The third-order valence-corrected chi connectivity index (χ3v) is 12.1. The quantitative estimate of drug-likeness (QED) is 0.0264. The summed E-state index contributed by atoms with van der Waals surface area (Å²) in [6.07, 6.45) is 73.9. The number of carbonyl (C=O) groups is 1. The molecule has 0 rings (SSSR count). The van der Waals surface area contributed by atoms with Gasteiger partial charge in [0.2, 0.25) is 0 Å². The van der Waals surface area contributed by atoms with Crippen molar-refractivity contribution >= 4 is 5.97 Å². The summed E-state index contributed by atoms with van der Waals surface area (Å²) in [5.41, 5.74) is -0.285. The van der Waals surface area contributed by atoms with Crippen molar-refractivity contribution in [3.63, 3.8) is 0 Å². The molecular formula is C58H105NO2. The molecule has 3 heteroatoms. The number of allylic oxidation sites excluding steroid dienone is 12. The predicted octanol–water partition coefficient (Wildman–Crippen LogP) is 19.1. The van der Waals surface area contributed by atoms with Crippen LogP contribution in [0, 0.1) is 0 Å². The Hall–Kier alpha value is -2.13. The van der Waals surface area contributed by atoms with Crippen LogP contribution < -0.4 is 0 Å². The first-order valence-electron chi connectivity index (χ1n) is 26.8. The van der Waals surface area contributed by atoms with Crippen LogP contribution in [0.5, 0.6) is 0 Å². The summed E-state index contributed by atoms with van der Waals surface area (Å²) in [4.78, 5) is 15.6. The standard InChI is InChI=1S/C58H105NO2/c1-6-9-12-15-18-21-24-27-30-32-35-38-41-44-47-50-55-58(61-57(60)52-51-56-59(4)5,53-48-45-42-39-36-33-29-26-23-20-17-14-11-8-3)54-49-46-43-40-37-34-31-28-25-22-19-16-13-10-7-2/h17-23,26-28,30-31H,6-16,24-25,29,32-56H2,1-5H3/b20-17+,21-18-,22-19-,26-23+,30-27-,31-28+. The van der Waals surface area contributed by atoms with Gasteiger partial charge in [0, 0.05) is 6.42 Å². The molecule has 0 aliphatic rings. The number of hydrogen-bond donors (Lipinski definition) is 0. The van der Waals surface area contributed by atoms with Gasteiger partial charge in [-0.3, -0.25) is 4.79 Å². The number of unbranched alkanes of at least 4 members (excludes halogenated alkanes) is 25. The lowest BCUT2D eigenvalue weighted by atomic mass is 9.84. The van der Waals surface area contributed by atoms with Crippen LogP contribution in [0.25, 0.3) is 0 Å². The third-order valence-electron chi connectivity index (χ3n) is 12.1. The van der Waals surface area contributed by atoms with E-state index in [1.54, 1.807) is 0 Å². The maximum Gasteiger partial charge on any atom is 0.306 e. The molecule has 0 saturated carbocycles. The number of nitrogens with zero attached hydrogens (tertiary/aromatic N) is 1. The second kappa shape index (κ2) is 48.9. The SMILES string of the molecule is CCCC/C=C/C=C/CCCCCCCCC(CCCCCCC/C=C/C/C=C\CCCCC)(CCCCCCCC/C=C\C/C=C\CCCCC)OC(=O)CCCN(C)C. The molecule has 0 aliphatic heterocycles. The van der Waals surface area contributed by atoms with Crippen molar-refractivity contribution in [2.75, 3.05) is 20.6 Å². The van der Waals surface area contributed by atoms with E-state index >= 15 is 0 Å². The molecule has 0 N–H and O–H groups in total. The lowest BCUT2D eigenvalue weighted by Gasteiger charge is -2.34. The number of esters is 1. The maximum absolute atomic E-state index is 13.4. The molecule has 0 amide bonds. The van der Waals surface area contributed by atoms with Crippen LogP contribution in [0.2, 0.25) is 0 Å². The molecular weight excluding hydrogens is 743 g/mol. The zero-order chi connectivity index (χ0) is 44.4. The zero-order valence-corrected chi connectivity index (χ0v) is 41.8. The van der Waals surface area contributed by atoms with Gasteiger partial charge in [0.1, 0.15) is 5.60 Å². The summed E-state index contributed by atoms with van der Waals surface area (Å²) in [5, 5.41) is 0. The van der Waals surface area contributed by atoms with Gasteiger partial charge in [-0.05, 0) is 149 Å². The third kappa shape index (κ3) is 45.7. The van der Waals surface area contributed by atoms with Gasteiger partial charge in [0.25, 0.3) is 0 Å². The van der Waals surface area contributed by atoms with Crippen LogP contribution >= 0.6 is 0 Å². The summed E-state index contributed by atoms with van der Waals surface area (Å²) in [6, 6.07) is 0. The van der Waals surface area contributed by atoms with Gasteiger partial charge < -0.3 is 9.64 Å². The first-order chi connectivity index (χ1) is 30.0. The Bertz CT molecular complexity index is 1080. The molecule has 354 valence electrons. The molecule has 0 radical (unpaired) electrons. The Kier molecular flexibility index (Phi) is 47.2. The molecule has 0 bridgehead atoms. The monoisotopic (exact) mass is 848 g/mol. The highest BCUT2D eigenvalue weighted by molar-refractivity contribution is 5.69.